The summed E-state index contributed by atoms with van der Waals surface area (Å²) in [5, 5.41) is 14.7. The molecule has 1 unspecified atom stereocenters. The number of nitrogens with one attached hydrogen (secondary N) is 1. The fourth-order valence-corrected chi connectivity index (χ4v) is 1.76. The lowest BCUT2D eigenvalue weighted by molar-refractivity contribution is 0.143. The minimum Gasteiger partial charge on any atom is -0.377 e. The lowest BCUT2D eigenvalue weighted by Gasteiger charge is -2.11. The first-order chi connectivity index (χ1) is 7.81. The first-order valence-corrected chi connectivity index (χ1v) is 5.39. The maximum atomic E-state index is 9.36. The van der Waals surface area contributed by atoms with Gasteiger partial charge in [-0.15, -0.1) is 0 Å². The summed E-state index contributed by atoms with van der Waals surface area (Å²) in [4.78, 5) is 0. The van der Waals surface area contributed by atoms with E-state index in [4.69, 9.17) is 5.73 Å². The highest BCUT2D eigenvalue weighted by Gasteiger charge is 2.02. The van der Waals surface area contributed by atoms with E-state index in [1.165, 1.54) is 16.3 Å². The zero-order valence-electron chi connectivity index (χ0n) is 9.06. The van der Waals surface area contributed by atoms with Gasteiger partial charge in [0.2, 0.25) is 0 Å². The Morgan fingerprint density at radius 3 is 2.69 bits per heavy atom. The van der Waals surface area contributed by atoms with E-state index in [1.807, 2.05) is 18.2 Å². The van der Waals surface area contributed by atoms with Gasteiger partial charge in [0, 0.05) is 13.1 Å². The van der Waals surface area contributed by atoms with Crippen LogP contribution in [0.4, 0.5) is 0 Å². The van der Waals surface area contributed by atoms with Crippen LogP contribution >= 0.6 is 0 Å². The molecule has 3 nitrogen and oxygen atoms in total. The van der Waals surface area contributed by atoms with Crippen LogP contribution in [0.1, 0.15) is 5.56 Å². The summed E-state index contributed by atoms with van der Waals surface area (Å²) in [6.45, 7) is 0.852. The Kier molecular flexibility index (Phi) is 3.51. The molecule has 2 aromatic rings. The Morgan fingerprint density at radius 1 is 1.12 bits per heavy atom. The number of hydrogen-bond donors (Lipinski definition) is 3. The van der Waals surface area contributed by atoms with Crippen LogP contribution < -0.4 is 11.1 Å². The minimum atomic E-state index is -0.640. The second-order valence-electron chi connectivity index (χ2n) is 3.77. The molecule has 0 saturated carbocycles. The molecule has 0 aliphatic rings. The van der Waals surface area contributed by atoms with Crippen molar-refractivity contribution in [2.24, 2.45) is 5.73 Å². The summed E-state index contributed by atoms with van der Waals surface area (Å²) in [5.74, 6) is 0. The van der Waals surface area contributed by atoms with Gasteiger partial charge in [-0.05, 0) is 16.3 Å². The van der Waals surface area contributed by atoms with Crippen molar-refractivity contribution < 1.29 is 5.11 Å². The number of rotatable bonds is 4. The van der Waals surface area contributed by atoms with Crippen molar-refractivity contribution in [3.63, 3.8) is 0 Å². The number of benzene rings is 2. The van der Waals surface area contributed by atoms with Crippen LogP contribution in [0, 0.1) is 0 Å². The molecule has 0 saturated heterocycles. The van der Waals surface area contributed by atoms with Crippen molar-refractivity contribution >= 4 is 10.8 Å². The molecule has 84 valence electrons. The molecule has 1 atom stereocenters. The van der Waals surface area contributed by atoms with Gasteiger partial charge in [0.1, 0.15) is 6.23 Å². The molecule has 0 spiro atoms. The summed E-state index contributed by atoms with van der Waals surface area (Å²) in [5.41, 5.74) is 6.51. The van der Waals surface area contributed by atoms with E-state index < -0.39 is 6.23 Å². The van der Waals surface area contributed by atoms with Crippen molar-refractivity contribution in [2.75, 3.05) is 6.54 Å². The molecule has 0 heterocycles. The number of aliphatic hydroxyl groups is 1. The Hall–Kier alpha value is -1.42. The predicted molar refractivity (Wildman–Crippen MR) is 65.8 cm³/mol. The average Bonchev–Trinajstić information content (AvgIpc) is 2.35. The van der Waals surface area contributed by atoms with Crippen LogP contribution in [0.5, 0.6) is 0 Å². The first-order valence-electron chi connectivity index (χ1n) is 5.39. The predicted octanol–water partition coefficient (Wildman–Crippen LogP) is 1.21. The Bertz CT molecular complexity index is 465. The van der Waals surface area contributed by atoms with Gasteiger partial charge in [-0.1, -0.05) is 42.5 Å². The first kappa shape index (κ1) is 11.1. The Morgan fingerprint density at radius 2 is 1.88 bits per heavy atom. The summed E-state index contributed by atoms with van der Waals surface area (Å²) in [7, 11) is 0. The van der Waals surface area contributed by atoms with Crippen molar-refractivity contribution in [1.29, 1.82) is 0 Å². The normalized spacial score (nSPS) is 12.9. The largest absolute Gasteiger partial charge is 0.377 e. The van der Waals surface area contributed by atoms with E-state index >= 15 is 0 Å². The van der Waals surface area contributed by atoms with Crippen LogP contribution in [-0.2, 0) is 6.54 Å². The molecule has 2 rings (SSSR count). The zero-order valence-corrected chi connectivity index (χ0v) is 9.06. The molecule has 0 aromatic heterocycles. The summed E-state index contributed by atoms with van der Waals surface area (Å²) >= 11 is 0. The van der Waals surface area contributed by atoms with Crippen molar-refractivity contribution in [2.45, 2.75) is 12.8 Å². The third kappa shape index (κ3) is 2.39. The molecule has 2 aromatic carbocycles. The van der Waals surface area contributed by atoms with Gasteiger partial charge in [-0.25, -0.2) is 0 Å². The Balaban J connectivity index is 2.23. The lowest BCUT2D eigenvalue weighted by Crippen LogP contribution is -2.35. The number of hydrogen-bond acceptors (Lipinski definition) is 3. The molecule has 0 radical (unpaired) electrons. The number of fused-ring (bicyclic) bond motifs is 1. The van der Waals surface area contributed by atoms with E-state index in [0.29, 0.717) is 6.54 Å². The third-order valence-corrected chi connectivity index (χ3v) is 2.63. The number of aliphatic hydroxyl groups excluding tert-OH is 1. The van der Waals surface area contributed by atoms with E-state index in [2.05, 4.69) is 29.6 Å². The van der Waals surface area contributed by atoms with Crippen LogP contribution in [0.2, 0.25) is 0 Å². The average molecular weight is 216 g/mol. The van der Waals surface area contributed by atoms with Gasteiger partial charge < -0.3 is 10.8 Å². The molecule has 16 heavy (non-hydrogen) atoms. The van der Waals surface area contributed by atoms with Gasteiger partial charge >= 0.3 is 0 Å². The lowest BCUT2D eigenvalue weighted by atomic mass is 10.0. The highest BCUT2D eigenvalue weighted by atomic mass is 16.3. The molecule has 0 amide bonds. The van der Waals surface area contributed by atoms with Gasteiger partial charge in [0.05, 0.1) is 0 Å². The van der Waals surface area contributed by atoms with Gasteiger partial charge in [0.15, 0.2) is 0 Å². The van der Waals surface area contributed by atoms with Gasteiger partial charge in [-0.3, -0.25) is 5.32 Å². The van der Waals surface area contributed by atoms with Crippen LogP contribution in [0.3, 0.4) is 0 Å². The van der Waals surface area contributed by atoms with Crippen molar-refractivity contribution in [3.8, 4) is 0 Å². The summed E-state index contributed by atoms with van der Waals surface area (Å²) < 4.78 is 0. The second-order valence-corrected chi connectivity index (χ2v) is 3.77. The van der Waals surface area contributed by atoms with Crippen LogP contribution in [0.25, 0.3) is 10.8 Å². The Labute approximate surface area is 94.9 Å². The van der Waals surface area contributed by atoms with E-state index in [1.54, 1.807) is 0 Å². The maximum Gasteiger partial charge on any atom is 0.117 e. The monoisotopic (exact) mass is 216 g/mol. The summed E-state index contributed by atoms with van der Waals surface area (Å²) in [6.07, 6.45) is -0.640. The maximum absolute atomic E-state index is 9.36. The molecule has 0 aliphatic carbocycles. The summed E-state index contributed by atoms with van der Waals surface area (Å²) in [6, 6.07) is 14.4. The zero-order chi connectivity index (χ0) is 11.4. The van der Waals surface area contributed by atoms with Crippen molar-refractivity contribution in [1.82, 2.24) is 5.32 Å². The molecule has 0 bridgehead atoms. The fourth-order valence-electron chi connectivity index (χ4n) is 1.76. The van der Waals surface area contributed by atoms with E-state index in [-0.39, 0.29) is 6.54 Å². The minimum absolute atomic E-state index is 0.227. The molecular weight excluding hydrogens is 200 g/mol. The van der Waals surface area contributed by atoms with Crippen LogP contribution in [-0.4, -0.2) is 17.9 Å². The van der Waals surface area contributed by atoms with Crippen molar-refractivity contribution in [3.05, 3.63) is 48.0 Å². The molecule has 3 heteroatoms. The van der Waals surface area contributed by atoms with Gasteiger partial charge in [-0.2, -0.15) is 0 Å². The highest BCUT2D eigenvalue weighted by molar-refractivity contribution is 5.85. The fraction of sp³-hybridized carbons (Fsp3) is 0.231. The van der Waals surface area contributed by atoms with E-state index in [9.17, 15) is 5.11 Å². The molecular formula is C13H16N2O. The second kappa shape index (κ2) is 5.07. The van der Waals surface area contributed by atoms with Gasteiger partial charge in [0.25, 0.3) is 0 Å². The van der Waals surface area contributed by atoms with Crippen LogP contribution in [0.15, 0.2) is 42.5 Å². The smallest absolute Gasteiger partial charge is 0.117 e. The third-order valence-electron chi connectivity index (χ3n) is 2.63. The topological polar surface area (TPSA) is 58.3 Å². The quantitative estimate of drug-likeness (QED) is 0.673. The molecule has 4 N–H and O–H groups in total. The molecule has 0 aliphatic heterocycles. The highest BCUT2D eigenvalue weighted by Crippen LogP contribution is 2.18. The van der Waals surface area contributed by atoms with E-state index in [0.717, 1.165) is 0 Å². The molecule has 0 fully saturated rings. The SMILES string of the molecule is NCC(O)NCc1cccc2ccccc12. The standard InChI is InChI=1S/C13H16N2O/c14-8-13(16)15-9-11-6-3-5-10-4-1-2-7-12(10)11/h1-7,13,15-16H,8-9,14H2. The number of nitrogens with two attached hydrogens (primary N) is 1.